The lowest BCUT2D eigenvalue weighted by Crippen LogP contribution is -2.56. The number of benzene rings is 1. The number of hydrogen-bond acceptors (Lipinski definition) is 2. The van der Waals surface area contributed by atoms with Crippen LogP contribution in [0.2, 0.25) is 0 Å². The van der Waals surface area contributed by atoms with Gasteiger partial charge < -0.3 is 22.1 Å². The Labute approximate surface area is 162 Å². The van der Waals surface area contributed by atoms with Gasteiger partial charge in [0.25, 0.3) is 0 Å². The number of fused-ring (bicyclic) bond motifs is 2. The van der Waals surface area contributed by atoms with Crippen molar-refractivity contribution in [1.29, 1.82) is 0 Å². The first-order valence-electron chi connectivity index (χ1n) is 10.3. The molecule has 3 atom stereocenters. The lowest BCUT2D eigenvalue weighted by Gasteiger charge is -2.46. The Morgan fingerprint density at radius 1 is 1.37 bits per heavy atom. The van der Waals surface area contributed by atoms with E-state index in [0.29, 0.717) is 12.0 Å². The van der Waals surface area contributed by atoms with Gasteiger partial charge in [0.2, 0.25) is 0 Å². The van der Waals surface area contributed by atoms with Crippen molar-refractivity contribution in [3.63, 3.8) is 0 Å². The van der Waals surface area contributed by atoms with Gasteiger partial charge in [-0.25, -0.2) is 0 Å². The maximum absolute atomic E-state index is 12.9. The summed E-state index contributed by atoms with van der Waals surface area (Å²) >= 11 is 0. The number of aromatic nitrogens is 1. The number of carbonyl (C=O) groups excluding carboxylic acids is 1. The highest BCUT2D eigenvalue weighted by atomic mass is 16.2. The van der Waals surface area contributed by atoms with Crippen LogP contribution in [0.15, 0.2) is 18.2 Å². The smallest absolute Gasteiger partial charge is 0.196 e. The van der Waals surface area contributed by atoms with Gasteiger partial charge in [-0.15, -0.1) is 0 Å². The average Bonchev–Trinajstić information content (AvgIpc) is 2.98. The molecule has 2 N–H and O–H groups in total. The molecule has 2 heterocycles. The first-order valence-corrected chi connectivity index (χ1v) is 10.3. The summed E-state index contributed by atoms with van der Waals surface area (Å²) in [4.78, 5) is 18.9. The highest BCUT2D eigenvalue weighted by Crippen LogP contribution is 2.44. The van der Waals surface area contributed by atoms with Crippen molar-refractivity contribution in [2.24, 2.45) is 5.41 Å². The summed E-state index contributed by atoms with van der Waals surface area (Å²) in [7, 11) is 2.21. The number of H-pyrrole nitrogens is 1. The number of rotatable bonds is 4. The Hall–Kier alpha value is -1.81. The molecule has 0 saturated carbocycles. The molecule has 1 aliphatic carbocycles. The van der Waals surface area contributed by atoms with Crippen LogP contribution in [0.3, 0.4) is 0 Å². The van der Waals surface area contributed by atoms with Crippen LogP contribution in [-0.4, -0.2) is 41.5 Å². The fourth-order valence-electron chi connectivity index (χ4n) is 5.22. The minimum Gasteiger partial charge on any atom is -0.358 e. The van der Waals surface area contributed by atoms with E-state index < -0.39 is 5.41 Å². The van der Waals surface area contributed by atoms with Crippen LogP contribution in [0.5, 0.6) is 0 Å². The van der Waals surface area contributed by atoms with Crippen LogP contribution < -0.4 is 5.32 Å². The molecule has 3 unspecified atom stereocenters. The molecule has 2 aromatic rings. The Morgan fingerprint density at radius 2 is 2.11 bits per heavy atom. The van der Waals surface area contributed by atoms with Crippen LogP contribution >= 0.6 is 0 Å². The normalized spacial score (nSPS) is 25.4. The minimum atomic E-state index is -0.507. The van der Waals surface area contributed by atoms with Gasteiger partial charge in [-0.1, -0.05) is 44.2 Å². The van der Waals surface area contributed by atoms with Gasteiger partial charge in [-0.2, -0.15) is 0 Å². The first-order chi connectivity index (χ1) is 12.9. The molecule has 27 heavy (non-hydrogen) atoms. The van der Waals surface area contributed by atoms with Crippen molar-refractivity contribution in [2.45, 2.75) is 64.5 Å². The van der Waals surface area contributed by atoms with Gasteiger partial charge >= 0.3 is 0 Å². The van der Waals surface area contributed by atoms with E-state index in [4.69, 9.17) is 0 Å². The van der Waals surface area contributed by atoms with E-state index >= 15 is 0 Å². The van der Waals surface area contributed by atoms with Crippen molar-refractivity contribution in [3.05, 3.63) is 41.9 Å². The van der Waals surface area contributed by atoms with Gasteiger partial charge in [0.05, 0.1) is 0 Å². The lowest BCUT2D eigenvalue weighted by molar-refractivity contribution is -0.130. The summed E-state index contributed by atoms with van der Waals surface area (Å²) in [6.07, 6.45) is 3.64. The van der Waals surface area contributed by atoms with E-state index in [0.717, 1.165) is 32.2 Å². The number of amides is 1. The summed E-state index contributed by atoms with van der Waals surface area (Å²) in [5.74, 6) is 0.569. The van der Waals surface area contributed by atoms with E-state index in [-0.39, 0.29) is 11.9 Å². The monoisotopic (exact) mass is 366 g/mol. The second kappa shape index (κ2) is 6.66. The highest BCUT2D eigenvalue weighted by Gasteiger charge is 2.40. The fourth-order valence-corrected chi connectivity index (χ4v) is 5.22. The zero-order chi connectivity index (χ0) is 19.3. The second-order valence-corrected chi connectivity index (χ2v) is 8.71. The number of likely N-dealkylation sites (tertiary alicyclic amines) is 1. The predicted octanol–water partition coefficient (Wildman–Crippen LogP) is 3.95. The summed E-state index contributed by atoms with van der Waals surface area (Å²) in [6, 6.07) is 7.32. The number of hydrogen-bond donors (Lipinski definition) is 2. The number of aryl methyl sites for hydroxylation is 1. The summed E-state index contributed by atoms with van der Waals surface area (Å²) in [5.41, 5.74) is 4.96. The summed E-state index contributed by atoms with van der Waals surface area (Å²) < 4.78 is 0. The molecule has 0 radical (unpaired) electrons. The molecule has 1 fully saturated rings. The van der Waals surface area contributed by atoms with E-state index in [9.17, 15) is 4.79 Å². The number of piperidine rings is 1. The maximum Gasteiger partial charge on any atom is 0.196 e. The lowest BCUT2D eigenvalue weighted by atomic mass is 9.73. The van der Waals surface area contributed by atoms with Crippen LogP contribution in [0, 0.1) is 19.3 Å². The predicted molar refractivity (Wildman–Crippen MR) is 111 cm³/mol. The molecule has 4 heteroatoms. The van der Waals surface area contributed by atoms with Crippen molar-refractivity contribution in [1.82, 2.24) is 15.2 Å². The van der Waals surface area contributed by atoms with Crippen molar-refractivity contribution >= 4 is 16.8 Å². The molecule has 1 amide bonds. The number of likely N-dealkylation sites (N-methyl/N-ethyl adjacent to an activating group) is 1. The number of aromatic amines is 1. The molecule has 4 nitrogen and oxygen atoms in total. The van der Waals surface area contributed by atoms with E-state index in [1.165, 1.54) is 27.7 Å². The molecule has 146 valence electrons. The third-order valence-electron chi connectivity index (χ3n) is 7.23. The van der Waals surface area contributed by atoms with E-state index in [1.54, 1.807) is 0 Å². The number of carbonyl (C=O) groups is 1. The molecule has 2 aliphatic rings. The van der Waals surface area contributed by atoms with Gasteiger partial charge in [0.1, 0.15) is 0 Å². The quantitative estimate of drug-likeness (QED) is 0.805. The minimum absolute atomic E-state index is 0.108. The Morgan fingerprint density at radius 3 is 2.81 bits per heavy atom. The first kappa shape index (κ1) is 18.5. The SMILES string of the molecule is [CH2-]C(CC)(CC)C(=O)NC1CC2c3cccc4[nH]c(C)c(c34)CC2N(C)C1. The van der Waals surface area contributed by atoms with Crippen LogP contribution in [0.25, 0.3) is 10.9 Å². The van der Waals surface area contributed by atoms with Gasteiger partial charge in [-0.3, -0.25) is 4.79 Å². The number of nitrogens with one attached hydrogen (secondary N) is 2. The molecular weight excluding hydrogens is 334 g/mol. The molecule has 1 aromatic heterocycles. The Kier molecular flexibility index (Phi) is 4.58. The van der Waals surface area contributed by atoms with Crippen molar-refractivity contribution in [2.75, 3.05) is 13.6 Å². The topological polar surface area (TPSA) is 48.1 Å². The zero-order valence-electron chi connectivity index (χ0n) is 17.1. The van der Waals surface area contributed by atoms with Crippen LogP contribution in [0.1, 0.15) is 55.8 Å². The van der Waals surface area contributed by atoms with E-state index in [1.807, 2.05) is 0 Å². The second-order valence-electron chi connectivity index (χ2n) is 8.71. The maximum atomic E-state index is 12.9. The Bertz CT molecular complexity index is 864. The fraction of sp³-hybridized carbons (Fsp3) is 0.565. The highest BCUT2D eigenvalue weighted by molar-refractivity contribution is 5.89. The molecule has 0 spiro atoms. The van der Waals surface area contributed by atoms with Crippen LogP contribution in [0.4, 0.5) is 0 Å². The standard InChI is InChI=1S/C23H32N3O/c1-6-23(4,7-2)22(27)25-15-11-18-16-9-8-10-19-21(16)17(14(3)24-19)12-20(18)26(5)13-15/h8-10,15,18,20,24H,4,6-7,11-13H2,1-3,5H3,(H,25,27)/q-1. The van der Waals surface area contributed by atoms with Gasteiger partial charge in [0.15, 0.2) is 5.91 Å². The molecular formula is C23H32N3O-. The molecule has 4 rings (SSSR count). The van der Waals surface area contributed by atoms with Crippen molar-refractivity contribution in [3.8, 4) is 0 Å². The molecule has 1 aromatic carbocycles. The zero-order valence-corrected chi connectivity index (χ0v) is 17.1. The molecule has 0 bridgehead atoms. The third-order valence-corrected chi connectivity index (χ3v) is 7.23. The third kappa shape index (κ3) is 2.89. The van der Waals surface area contributed by atoms with Crippen LogP contribution in [-0.2, 0) is 11.2 Å². The Balaban J connectivity index is 1.63. The van der Waals surface area contributed by atoms with E-state index in [2.05, 4.69) is 68.1 Å². The van der Waals surface area contributed by atoms with Gasteiger partial charge in [-0.05, 0) is 44.0 Å². The average molecular weight is 367 g/mol. The summed E-state index contributed by atoms with van der Waals surface area (Å²) in [5, 5.41) is 4.76. The largest absolute Gasteiger partial charge is 0.358 e. The number of nitrogens with zero attached hydrogens (tertiary/aromatic N) is 1. The van der Waals surface area contributed by atoms with Crippen molar-refractivity contribution < 1.29 is 4.79 Å². The summed E-state index contributed by atoms with van der Waals surface area (Å²) in [6.45, 7) is 11.4. The molecule has 1 saturated heterocycles. The van der Waals surface area contributed by atoms with Gasteiger partial charge in [0, 0.05) is 41.1 Å². The molecule has 1 aliphatic heterocycles.